The Hall–Kier alpha value is -3.85. The van der Waals surface area contributed by atoms with Crippen LogP contribution in [0.25, 0.3) is 0 Å². The molecule has 158 valence electrons. The van der Waals surface area contributed by atoms with E-state index in [4.69, 9.17) is 0 Å². The minimum absolute atomic E-state index is 0.0103. The standard InChI is InChI=1S/C29H26N2O/c1-21-13-9-11-19-25(21)27-28(26-20-12-10-14-22(26)2)31(24-17-7-4-8-18-24)29(32)30(27)23-15-5-3-6-16-23/h3-20,27-28H,1-2H3. The Bertz CT molecular complexity index is 1140. The Kier molecular flexibility index (Phi) is 5.24. The minimum atomic E-state index is -0.160. The van der Waals surface area contributed by atoms with E-state index in [-0.39, 0.29) is 18.1 Å². The molecule has 4 aromatic rings. The molecule has 3 nitrogen and oxygen atoms in total. The van der Waals surface area contributed by atoms with Crippen LogP contribution in [0.4, 0.5) is 16.2 Å². The topological polar surface area (TPSA) is 23.6 Å². The molecule has 2 atom stereocenters. The van der Waals surface area contributed by atoms with Gasteiger partial charge in [-0.1, -0.05) is 84.9 Å². The monoisotopic (exact) mass is 418 g/mol. The summed E-state index contributed by atoms with van der Waals surface area (Å²) in [5.74, 6) is 0. The van der Waals surface area contributed by atoms with E-state index in [1.165, 1.54) is 11.1 Å². The first-order chi connectivity index (χ1) is 15.7. The van der Waals surface area contributed by atoms with Crippen molar-refractivity contribution in [2.24, 2.45) is 0 Å². The molecule has 0 radical (unpaired) electrons. The molecular weight excluding hydrogens is 392 g/mol. The molecule has 0 bridgehead atoms. The number of para-hydroxylation sites is 2. The van der Waals surface area contributed by atoms with Crippen LogP contribution in [0, 0.1) is 13.8 Å². The summed E-state index contributed by atoms with van der Waals surface area (Å²) < 4.78 is 0. The minimum Gasteiger partial charge on any atom is -0.284 e. The van der Waals surface area contributed by atoms with Crippen molar-refractivity contribution >= 4 is 17.4 Å². The maximum Gasteiger partial charge on any atom is 0.330 e. The average Bonchev–Trinajstić information content (AvgIpc) is 3.13. The zero-order valence-electron chi connectivity index (χ0n) is 18.3. The third-order valence-corrected chi connectivity index (χ3v) is 6.35. The lowest BCUT2D eigenvalue weighted by molar-refractivity contribution is 0.255. The second-order valence-electron chi connectivity index (χ2n) is 8.30. The maximum atomic E-state index is 14.1. The molecule has 2 amide bonds. The molecule has 32 heavy (non-hydrogen) atoms. The molecule has 5 rings (SSSR count). The van der Waals surface area contributed by atoms with Crippen LogP contribution in [0.5, 0.6) is 0 Å². The number of urea groups is 1. The SMILES string of the molecule is Cc1ccccc1C1C(c2ccccc2C)N(c2ccccc2)C(=O)N1c1ccccc1. The Labute approximate surface area is 189 Å². The fourth-order valence-electron chi connectivity index (χ4n) is 4.81. The van der Waals surface area contributed by atoms with Crippen LogP contribution in [-0.4, -0.2) is 6.03 Å². The van der Waals surface area contributed by atoms with E-state index in [0.29, 0.717) is 0 Å². The van der Waals surface area contributed by atoms with Crippen LogP contribution in [0.2, 0.25) is 0 Å². The van der Waals surface area contributed by atoms with Crippen molar-refractivity contribution in [2.75, 3.05) is 9.80 Å². The van der Waals surface area contributed by atoms with Gasteiger partial charge in [0, 0.05) is 11.4 Å². The summed E-state index contributed by atoms with van der Waals surface area (Å²) in [6, 6.07) is 36.5. The van der Waals surface area contributed by atoms with Gasteiger partial charge in [0.25, 0.3) is 0 Å². The van der Waals surface area contributed by atoms with E-state index in [1.54, 1.807) is 0 Å². The van der Waals surface area contributed by atoms with Gasteiger partial charge in [0.05, 0.1) is 12.1 Å². The molecule has 0 spiro atoms. The van der Waals surface area contributed by atoms with Crippen LogP contribution >= 0.6 is 0 Å². The van der Waals surface area contributed by atoms with Gasteiger partial charge in [-0.3, -0.25) is 9.80 Å². The van der Waals surface area contributed by atoms with Gasteiger partial charge in [0.1, 0.15) is 0 Å². The summed E-state index contributed by atoms with van der Waals surface area (Å²) in [6.07, 6.45) is 0. The van der Waals surface area contributed by atoms with Gasteiger partial charge < -0.3 is 0 Å². The number of nitrogens with zero attached hydrogens (tertiary/aromatic N) is 2. The van der Waals surface area contributed by atoms with E-state index in [9.17, 15) is 4.79 Å². The molecule has 1 aliphatic rings. The molecule has 4 aromatic carbocycles. The van der Waals surface area contributed by atoms with Gasteiger partial charge in [0.2, 0.25) is 0 Å². The predicted molar refractivity (Wildman–Crippen MR) is 131 cm³/mol. The first-order valence-electron chi connectivity index (χ1n) is 11.0. The van der Waals surface area contributed by atoms with E-state index in [0.717, 1.165) is 22.5 Å². The first kappa shape index (κ1) is 20.1. The van der Waals surface area contributed by atoms with Crippen LogP contribution in [0.3, 0.4) is 0 Å². The van der Waals surface area contributed by atoms with Gasteiger partial charge in [-0.15, -0.1) is 0 Å². The third-order valence-electron chi connectivity index (χ3n) is 6.35. The molecule has 0 N–H and O–H groups in total. The highest BCUT2D eigenvalue weighted by atomic mass is 16.2. The lowest BCUT2D eigenvalue weighted by Gasteiger charge is -2.30. The molecule has 1 saturated heterocycles. The fraction of sp³-hybridized carbons (Fsp3) is 0.138. The van der Waals surface area contributed by atoms with Crippen molar-refractivity contribution in [3.63, 3.8) is 0 Å². The van der Waals surface area contributed by atoms with Crippen LogP contribution in [-0.2, 0) is 0 Å². The van der Waals surface area contributed by atoms with Gasteiger partial charge in [-0.2, -0.15) is 0 Å². The highest BCUT2D eigenvalue weighted by molar-refractivity contribution is 6.08. The van der Waals surface area contributed by atoms with Crippen molar-refractivity contribution in [1.82, 2.24) is 0 Å². The lowest BCUT2D eigenvalue weighted by Crippen LogP contribution is -2.32. The van der Waals surface area contributed by atoms with E-state index in [2.05, 4.69) is 62.4 Å². The Morgan fingerprint density at radius 1 is 0.500 bits per heavy atom. The summed E-state index contributed by atoms with van der Waals surface area (Å²) in [4.78, 5) is 18.1. The smallest absolute Gasteiger partial charge is 0.284 e. The second-order valence-corrected chi connectivity index (χ2v) is 8.30. The zero-order valence-corrected chi connectivity index (χ0v) is 18.3. The van der Waals surface area contributed by atoms with Crippen molar-refractivity contribution < 1.29 is 4.79 Å². The molecule has 3 heteroatoms. The van der Waals surface area contributed by atoms with Crippen molar-refractivity contribution in [2.45, 2.75) is 25.9 Å². The van der Waals surface area contributed by atoms with E-state index >= 15 is 0 Å². The number of hydrogen-bond acceptors (Lipinski definition) is 1. The summed E-state index contributed by atoms with van der Waals surface area (Å²) >= 11 is 0. The quantitative estimate of drug-likeness (QED) is 0.343. The van der Waals surface area contributed by atoms with Crippen LogP contribution in [0.1, 0.15) is 34.3 Å². The number of anilines is 2. The Morgan fingerprint density at radius 2 is 0.844 bits per heavy atom. The molecule has 1 fully saturated rings. The van der Waals surface area contributed by atoms with Crippen molar-refractivity contribution in [3.8, 4) is 0 Å². The molecular formula is C29H26N2O. The normalized spacial score (nSPS) is 18.2. The number of hydrogen-bond donors (Lipinski definition) is 0. The molecule has 1 heterocycles. The summed E-state index contributed by atoms with van der Waals surface area (Å²) in [5.41, 5.74) is 6.50. The van der Waals surface area contributed by atoms with Crippen molar-refractivity contribution in [1.29, 1.82) is 0 Å². The molecule has 2 unspecified atom stereocenters. The van der Waals surface area contributed by atoms with Crippen LogP contribution in [0.15, 0.2) is 109 Å². The maximum absolute atomic E-state index is 14.1. The molecule has 0 saturated carbocycles. The highest BCUT2D eigenvalue weighted by Crippen LogP contribution is 2.50. The van der Waals surface area contributed by atoms with Crippen molar-refractivity contribution in [3.05, 3.63) is 131 Å². The largest absolute Gasteiger partial charge is 0.330 e. The highest BCUT2D eigenvalue weighted by Gasteiger charge is 2.49. The number of carbonyl (C=O) groups is 1. The van der Waals surface area contributed by atoms with Crippen LogP contribution < -0.4 is 9.80 Å². The summed E-state index contributed by atoms with van der Waals surface area (Å²) in [6.45, 7) is 4.26. The molecule has 0 aromatic heterocycles. The third kappa shape index (κ3) is 3.36. The van der Waals surface area contributed by atoms with Gasteiger partial charge in [0.15, 0.2) is 0 Å². The average molecular weight is 419 g/mol. The molecule has 0 aliphatic carbocycles. The summed E-state index contributed by atoms with van der Waals surface area (Å²) in [7, 11) is 0. The van der Waals surface area contributed by atoms with Gasteiger partial charge in [-0.05, 0) is 60.4 Å². The Balaban J connectivity index is 1.79. The fourth-order valence-corrected chi connectivity index (χ4v) is 4.81. The van der Waals surface area contributed by atoms with E-state index in [1.807, 2.05) is 70.5 Å². The Morgan fingerprint density at radius 3 is 1.22 bits per heavy atom. The second kappa shape index (κ2) is 8.35. The lowest BCUT2D eigenvalue weighted by atomic mass is 9.88. The summed E-state index contributed by atoms with van der Waals surface area (Å²) in [5, 5.41) is 0. The number of benzene rings is 4. The predicted octanol–water partition coefficient (Wildman–Crippen LogP) is 7.23. The zero-order chi connectivity index (χ0) is 22.1. The van der Waals surface area contributed by atoms with E-state index < -0.39 is 0 Å². The molecule has 1 aliphatic heterocycles. The van der Waals surface area contributed by atoms with Gasteiger partial charge >= 0.3 is 6.03 Å². The first-order valence-corrected chi connectivity index (χ1v) is 11.0. The number of carbonyl (C=O) groups excluding carboxylic acids is 1. The number of amides is 2. The van der Waals surface area contributed by atoms with Gasteiger partial charge in [-0.25, -0.2) is 4.79 Å². The number of aryl methyl sites for hydroxylation is 2. The number of rotatable bonds is 4.